The lowest BCUT2D eigenvalue weighted by Crippen LogP contribution is -2.35. The minimum absolute atomic E-state index is 0. The van der Waals surface area contributed by atoms with Crippen molar-refractivity contribution in [2.45, 2.75) is 26.2 Å². The molecule has 0 fully saturated rings. The molecule has 0 unspecified atom stereocenters. The average Bonchev–Trinajstić information content (AvgIpc) is 1.99. The van der Waals surface area contributed by atoms with Gasteiger partial charge in [0.1, 0.15) is 0 Å². The second kappa shape index (κ2) is 15.3. The molecule has 4 N–H and O–H groups in total. The molecule has 0 aromatic carbocycles. The Morgan fingerprint density at radius 2 is 1.17 bits per heavy atom. The van der Waals surface area contributed by atoms with E-state index in [4.69, 9.17) is 30.6 Å². The predicted octanol–water partition coefficient (Wildman–Crippen LogP) is 1.78. The highest BCUT2D eigenvalue weighted by Crippen LogP contribution is 1.98. The van der Waals surface area contributed by atoms with E-state index in [0.717, 1.165) is 4.48 Å². The smallest absolute Gasteiger partial charge is 0.0780 e. The molecule has 0 saturated heterocycles. The third kappa shape index (κ3) is 136. The Morgan fingerprint density at radius 1 is 0.889 bits per heavy atom. The first-order valence-electron chi connectivity index (χ1n) is 4.96. The van der Waals surface area contributed by atoms with E-state index in [9.17, 15) is 0 Å². The Labute approximate surface area is 106 Å². The summed E-state index contributed by atoms with van der Waals surface area (Å²) in [6.45, 7) is 3.56. The highest BCUT2D eigenvalue weighted by atomic mass is 16.9. The van der Waals surface area contributed by atoms with Gasteiger partial charge in [0.15, 0.2) is 0 Å². The first kappa shape index (κ1) is 25.2. The van der Waals surface area contributed by atoms with Gasteiger partial charge in [-0.2, -0.15) is 0 Å². The van der Waals surface area contributed by atoms with E-state index in [1.165, 1.54) is 25.8 Å². The molecule has 0 bridgehead atoms. The van der Waals surface area contributed by atoms with Gasteiger partial charge in [0.05, 0.1) is 37.9 Å². The Bertz CT molecular complexity index is 186. The molecule has 0 atom stereocenters. The second-order valence-electron chi connectivity index (χ2n) is 4.17. The van der Waals surface area contributed by atoms with Crippen LogP contribution in [0.15, 0.2) is 0 Å². The van der Waals surface area contributed by atoms with Gasteiger partial charge in [0, 0.05) is 0 Å². The van der Waals surface area contributed by atoms with Gasteiger partial charge in [-0.15, -0.1) is 0 Å². The molecule has 0 radical (unpaired) electrons. The molecule has 112 valence electrons. The van der Waals surface area contributed by atoms with E-state index < -0.39 is 10.2 Å². The van der Waals surface area contributed by atoms with Crippen LogP contribution in [0.1, 0.15) is 26.2 Å². The summed E-state index contributed by atoms with van der Waals surface area (Å²) in [5, 5.41) is 29.5. The zero-order valence-corrected chi connectivity index (χ0v) is 11.6. The Balaban J connectivity index is -0.0000000922. The summed E-state index contributed by atoms with van der Waals surface area (Å²) >= 11 is 0. The second-order valence-corrected chi connectivity index (χ2v) is 4.17. The molecular formula is C8H24N4O6. The Morgan fingerprint density at radius 3 is 1.33 bits per heavy atom. The minimum Gasteiger partial charge on any atom is -0.369 e. The first-order valence-corrected chi connectivity index (χ1v) is 4.96. The molecule has 0 amide bonds. The molecule has 0 rings (SSSR count). The monoisotopic (exact) mass is 272 g/mol. The third-order valence-corrected chi connectivity index (χ3v) is 1.43. The molecule has 0 heterocycles. The van der Waals surface area contributed by atoms with Gasteiger partial charge in [0.25, 0.3) is 0 Å². The fourth-order valence-electron chi connectivity index (χ4n) is 0.836. The standard InChI is InChI=1S/C8H20N.2NO3.H3N/c1-5-6-7-8-9(2,3)4;2*2-1(3)4;/h5-8H2,1-4H3;;;1H3/q+1;2*-1;/p+1. The zero-order chi connectivity index (χ0) is 14.5. The summed E-state index contributed by atoms with van der Waals surface area (Å²) in [6.07, 6.45) is 4.09. The van der Waals surface area contributed by atoms with Crippen LogP contribution in [0, 0.1) is 30.6 Å². The van der Waals surface area contributed by atoms with Crippen molar-refractivity contribution in [3.63, 3.8) is 0 Å². The summed E-state index contributed by atoms with van der Waals surface area (Å²) < 4.78 is 1.11. The maximum atomic E-state index is 8.25. The highest BCUT2D eigenvalue weighted by molar-refractivity contribution is 4.34. The quantitative estimate of drug-likeness (QED) is 0.353. The van der Waals surface area contributed by atoms with E-state index in [1.807, 2.05) is 0 Å². The van der Waals surface area contributed by atoms with Crippen LogP contribution in [-0.4, -0.2) is 42.3 Å². The van der Waals surface area contributed by atoms with Crippen LogP contribution in [0.25, 0.3) is 0 Å². The van der Waals surface area contributed by atoms with Gasteiger partial charge >= 0.3 is 0 Å². The van der Waals surface area contributed by atoms with Gasteiger partial charge in [-0.05, 0) is 12.8 Å². The van der Waals surface area contributed by atoms with Gasteiger partial charge in [0.2, 0.25) is 0 Å². The summed E-state index contributed by atoms with van der Waals surface area (Å²) in [4.78, 5) is 16.5. The van der Waals surface area contributed by atoms with Crippen LogP contribution in [0.4, 0.5) is 0 Å². The van der Waals surface area contributed by atoms with Crippen LogP contribution in [0.3, 0.4) is 0 Å². The van der Waals surface area contributed by atoms with Crippen molar-refractivity contribution in [2.24, 2.45) is 0 Å². The first-order chi connectivity index (χ1) is 7.52. The number of hydrogen-bond acceptors (Lipinski definition) is 6. The van der Waals surface area contributed by atoms with Crippen LogP contribution in [0.2, 0.25) is 0 Å². The molecule has 0 saturated carbocycles. The summed E-state index contributed by atoms with van der Waals surface area (Å²) in [5.41, 5.74) is 0. The molecule has 0 aliphatic rings. The third-order valence-electron chi connectivity index (χ3n) is 1.43. The van der Waals surface area contributed by atoms with Gasteiger partial charge in [-0.1, -0.05) is 13.3 Å². The van der Waals surface area contributed by atoms with E-state index in [2.05, 4.69) is 28.1 Å². The largest absolute Gasteiger partial charge is 0.369 e. The Kier molecular flexibility index (Phi) is 21.5. The van der Waals surface area contributed by atoms with Crippen molar-refractivity contribution in [2.75, 3.05) is 27.7 Å². The van der Waals surface area contributed by atoms with Gasteiger partial charge in [-0.3, -0.25) is 0 Å². The summed E-state index contributed by atoms with van der Waals surface area (Å²) in [7, 11) is 6.74. The van der Waals surface area contributed by atoms with E-state index in [1.54, 1.807) is 0 Å². The van der Waals surface area contributed by atoms with Crippen molar-refractivity contribution >= 4 is 0 Å². The van der Waals surface area contributed by atoms with Crippen LogP contribution >= 0.6 is 0 Å². The van der Waals surface area contributed by atoms with Crippen LogP contribution in [0.5, 0.6) is 0 Å². The highest BCUT2D eigenvalue weighted by Gasteiger charge is 2.03. The fraction of sp³-hybridized carbons (Fsp3) is 1.00. The van der Waals surface area contributed by atoms with Crippen LogP contribution < -0.4 is 6.15 Å². The fourth-order valence-corrected chi connectivity index (χ4v) is 0.836. The molecule has 18 heavy (non-hydrogen) atoms. The van der Waals surface area contributed by atoms with E-state index >= 15 is 0 Å². The topological polar surface area (TPSA) is 169 Å². The van der Waals surface area contributed by atoms with Crippen molar-refractivity contribution in [1.82, 2.24) is 6.15 Å². The van der Waals surface area contributed by atoms with Gasteiger partial charge < -0.3 is 41.3 Å². The molecule has 10 nitrogen and oxygen atoms in total. The molecule has 0 aliphatic carbocycles. The van der Waals surface area contributed by atoms with Crippen molar-refractivity contribution in [1.29, 1.82) is 0 Å². The molecular weight excluding hydrogens is 248 g/mol. The van der Waals surface area contributed by atoms with E-state index in [0.29, 0.717) is 0 Å². The number of unbranched alkanes of at least 4 members (excludes halogenated alkanes) is 2. The molecule has 0 aromatic heterocycles. The van der Waals surface area contributed by atoms with Crippen molar-refractivity contribution in [3.8, 4) is 0 Å². The maximum Gasteiger partial charge on any atom is 0.0780 e. The van der Waals surface area contributed by atoms with Crippen molar-refractivity contribution in [3.05, 3.63) is 30.6 Å². The van der Waals surface area contributed by atoms with Crippen LogP contribution in [-0.2, 0) is 0 Å². The molecule has 10 heteroatoms. The summed E-state index contributed by atoms with van der Waals surface area (Å²) in [6, 6.07) is 0. The molecule has 0 aliphatic heterocycles. The summed E-state index contributed by atoms with van der Waals surface area (Å²) in [5.74, 6) is 0. The lowest BCUT2D eigenvalue weighted by Gasteiger charge is -2.23. The molecule has 0 aromatic rings. The van der Waals surface area contributed by atoms with Gasteiger partial charge in [-0.25, -0.2) is 0 Å². The predicted molar refractivity (Wildman–Crippen MR) is 69.1 cm³/mol. The Hall–Kier alpha value is -1.68. The number of rotatable bonds is 4. The number of quaternary nitrogens is 2. The molecule has 0 spiro atoms. The SMILES string of the molecule is CCCCC[N+](C)(C)C.O=[N+]([O-])[O-].O=[N+]([O-])[O-].[NH4+]. The average molecular weight is 272 g/mol. The zero-order valence-electron chi connectivity index (χ0n) is 11.6. The maximum absolute atomic E-state index is 8.25. The minimum atomic E-state index is -1.75. The number of nitrogens with zero attached hydrogens (tertiary/aromatic N) is 3. The van der Waals surface area contributed by atoms with Crippen molar-refractivity contribution < 1.29 is 14.7 Å². The van der Waals surface area contributed by atoms with E-state index in [-0.39, 0.29) is 6.15 Å². The normalized spacial score (nSPS) is 8.67. The lowest BCUT2D eigenvalue weighted by atomic mass is 10.2. The number of hydrogen-bond donors (Lipinski definition) is 1. The lowest BCUT2D eigenvalue weighted by molar-refractivity contribution is -0.870.